The minimum absolute atomic E-state index is 0.171. The average molecular weight is 530 g/mol. The van der Waals surface area contributed by atoms with Gasteiger partial charge in [-0.05, 0) is 55.3 Å². The molecule has 5 aromatic heterocycles. The van der Waals surface area contributed by atoms with Crippen LogP contribution >= 0.6 is 22.9 Å². The van der Waals surface area contributed by atoms with E-state index in [4.69, 9.17) is 16.3 Å². The Hall–Kier alpha value is -3.77. The highest BCUT2D eigenvalue weighted by atomic mass is 35.5. The molecule has 6 rings (SSSR count). The number of ether oxygens (including phenoxy) is 1. The summed E-state index contributed by atoms with van der Waals surface area (Å²) < 4.78 is 49.3. The molecule has 0 aliphatic carbocycles. The van der Waals surface area contributed by atoms with Crippen molar-refractivity contribution in [1.29, 1.82) is 0 Å². The fourth-order valence-corrected chi connectivity index (χ4v) is 5.33. The topological polar surface area (TPSA) is 83.0 Å². The van der Waals surface area contributed by atoms with E-state index in [0.717, 1.165) is 23.0 Å². The van der Waals surface area contributed by atoms with Crippen molar-refractivity contribution < 1.29 is 17.9 Å². The number of nitrogens with zero attached hydrogens (tertiary/aromatic N) is 7. The Morgan fingerprint density at radius 3 is 2.67 bits per heavy atom. The molecule has 36 heavy (non-hydrogen) atoms. The molecule has 0 spiro atoms. The van der Waals surface area contributed by atoms with Crippen LogP contribution in [0.5, 0.6) is 5.75 Å². The number of rotatable bonds is 4. The van der Waals surface area contributed by atoms with Crippen molar-refractivity contribution in [3.63, 3.8) is 0 Å². The van der Waals surface area contributed by atoms with Crippen LogP contribution in [0.25, 0.3) is 37.6 Å². The first kappa shape index (κ1) is 22.7. The molecule has 0 bridgehead atoms. The van der Waals surface area contributed by atoms with E-state index in [1.54, 1.807) is 36.0 Å². The smallest absolute Gasteiger partial charge is 0.433 e. The molecule has 0 unspecified atom stereocenters. The number of alkyl halides is 3. The van der Waals surface area contributed by atoms with Gasteiger partial charge in [0.05, 0.1) is 5.52 Å². The Balaban J connectivity index is 1.35. The Morgan fingerprint density at radius 2 is 1.89 bits per heavy atom. The zero-order chi connectivity index (χ0) is 25.2. The van der Waals surface area contributed by atoms with Gasteiger partial charge < -0.3 is 4.74 Å². The van der Waals surface area contributed by atoms with E-state index in [1.807, 2.05) is 13.0 Å². The number of pyridine rings is 1. The Morgan fingerprint density at radius 1 is 1.06 bits per heavy atom. The minimum atomic E-state index is -4.53. The standard InChI is InChI=1S/C23H15ClF3N7OS/c1-11-7-13(24)3-4-15(11)35-10-33-6-5-14(31-33)20-30-21-19-18(28-9-34(21)32-20)17-12(2)8-16(23(25,26)27)29-22(17)36-19/h3-9H,10H2,1-2H3. The molecule has 13 heteroatoms. The highest BCUT2D eigenvalue weighted by Gasteiger charge is 2.33. The lowest BCUT2D eigenvalue weighted by molar-refractivity contribution is -0.141. The normalized spacial score (nSPS) is 12.3. The molecular weight excluding hydrogens is 515 g/mol. The third-order valence-corrected chi connectivity index (χ3v) is 6.92. The number of hydrogen-bond donors (Lipinski definition) is 0. The molecule has 182 valence electrons. The number of hydrogen-bond acceptors (Lipinski definition) is 7. The minimum Gasteiger partial charge on any atom is -0.471 e. The average Bonchev–Trinajstić information content (AvgIpc) is 3.53. The van der Waals surface area contributed by atoms with Crippen LogP contribution in [0.15, 0.2) is 42.9 Å². The molecule has 0 aliphatic heterocycles. The van der Waals surface area contributed by atoms with Crippen LogP contribution in [-0.2, 0) is 12.9 Å². The zero-order valence-corrected chi connectivity index (χ0v) is 20.3. The van der Waals surface area contributed by atoms with Crippen LogP contribution in [0, 0.1) is 13.8 Å². The highest BCUT2D eigenvalue weighted by molar-refractivity contribution is 7.26. The van der Waals surface area contributed by atoms with Crippen molar-refractivity contribution in [1.82, 2.24) is 34.3 Å². The van der Waals surface area contributed by atoms with Gasteiger partial charge >= 0.3 is 6.18 Å². The van der Waals surface area contributed by atoms with E-state index in [1.165, 1.54) is 10.8 Å². The second-order valence-corrected chi connectivity index (χ2v) is 9.59. The summed E-state index contributed by atoms with van der Waals surface area (Å²) in [7, 11) is 0. The Bertz CT molecular complexity index is 1790. The molecule has 1 aromatic carbocycles. The first-order valence-corrected chi connectivity index (χ1v) is 11.8. The van der Waals surface area contributed by atoms with Crippen molar-refractivity contribution >= 4 is 49.0 Å². The van der Waals surface area contributed by atoms with Gasteiger partial charge in [0.1, 0.15) is 33.0 Å². The second kappa shape index (κ2) is 8.14. The molecule has 0 amide bonds. The predicted molar refractivity (Wildman–Crippen MR) is 129 cm³/mol. The fraction of sp³-hybridized carbons (Fsp3) is 0.174. The van der Waals surface area contributed by atoms with Gasteiger partial charge in [0.15, 0.2) is 12.4 Å². The van der Waals surface area contributed by atoms with Gasteiger partial charge in [-0.1, -0.05) is 11.6 Å². The molecule has 0 N–H and O–H groups in total. The second-order valence-electron chi connectivity index (χ2n) is 8.15. The van der Waals surface area contributed by atoms with Crippen LogP contribution in [0.3, 0.4) is 0 Å². The SMILES string of the molecule is Cc1cc(Cl)ccc1OCn1ccc(-c2nc3c4sc5nc(C(F)(F)F)cc(C)c5c4ncn3n2)n1. The van der Waals surface area contributed by atoms with Crippen molar-refractivity contribution in [2.75, 3.05) is 0 Å². The lowest BCUT2D eigenvalue weighted by Crippen LogP contribution is -2.07. The van der Waals surface area contributed by atoms with Crippen LogP contribution < -0.4 is 4.74 Å². The van der Waals surface area contributed by atoms with Gasteiger partial charge in [-0.2, -0.15) is 18.3 Å². The fourth-order valence-electron chi connectivity index (χ4n) is 3.93. The van der Waals surface area contributed by atoms with Gasteiger partial charge in [-0.3, -0.25) is 0 Å². The number of halogens is 4. The van der Waals surface area contributed by atoms with Gasteiger partial charge in [0.2, 0.25) is 5.82 Å². The van der Waals surface area contributed by atoms with E-state index in [0.29, 0.717) is 49.1 Å². The molecule has 0 saturated heterocycles. The Kier molecular flexibility index (Phi) is 5.12. The van der Waals surface area contributed by atoms with Crippen LogP contribution in [0.2, 0.25) is 5.02 Å². The largest absolute Gasteiger partial charge is 0.471 e. The van der Waals surface area contributed by atoms with Crippen LogP contribution in [0.1, 0.15) is 16.8 Å². The summed E-state index contributed by atoms with van der Waals surface area (Å²) in [6, 6.07) is 8.15. The number of thiophene rings is 1. The van der Waals surface area contributed by atoms with Gasteiger partial charge in [-0.25, -0.2) is 24.1 Å². The number of aromatic nitrogens is 7. The summed E-state index contributed by atoms with van der Waals surface area (Å²) in [5, 5.41) is 10.2. The maximum Gasteiger partial charge on any atom is 0.433 e. The summed E-state index contributed by atoms with van der Waals surface area (Å²) in [4.78, 5) is 13.1. The van der Waals surface area contributed by atoms with Gasteiger partial charge in [0, 0.05) is 16.6 Å². The van der Waals surface area contributed by atoms with Crippen LogP contribution in [-0.4, -0.2) is 34.3 Å². The monoisotopic (exact) mass is 529 g/mol. The third kappa shape index (κ3) is 3.82. The summed E-state index contributed by atoms with van der Waals surface area (Å²) >= 11 is 7.09. The van der Waals surface area contributed by atoms with E-state index >= 15 is 0 Å². The number of benzene rings is 1. The summed E-state index contributed by atoms with van der Waals surface area (Å²) in [5.41, 5.74) is 1.94. The highest BCUT2D eigenvalue weighted by Crippen LogP contribution is 2.38. The third-order valence-electron chi connectivity index (χ3n) is 5.61. The Labute approximate surface area is 209 Å². The molecule has 0 aliphatic rings. The van der Waals surface area contributed by atoms with Crippen LogP contribution in [0.4, 0.5) is 13.2 Å². The maximum absolute atomic E-state index is 13.3. The van der Waals surface area contributed by atoms with Crippen molar-refractivity contribution in [2.45, 2.75) is 26.8 Å². The van der Waals surface area contributed by atoms with E-state index in [-0.39, 0.29) is 11.6 Å². The summed E-state index contributed by atoms with van der Waals surface area (Å²) in [6.07, 6.45) is -1.30. The first-order chi connectivity index (χ1) is 17.2. The molecule has 5 heterocycles. The number of fused-ring (bicyclic) bond motifs is 5. The predicted octanol–water partition coefficient (Wildman–Crippen LogP) is 6.08. The lowest BCUT2D eigenvalue weighted by Gasteiger charge is -2.09. The molecule has 0 radical (unpaired) electrons. The molecule has 6 aromatic rings. The van der Waals surface area contributed by atoms with E-state index in [9.17, 15) is 13.2 Å². The molecular formula is C23H15ClF3N7OS. The quantitative estimate of drug-likeness (QED) is 0.275. The molecule has 0 atom stereocenters. The molecule has 0 fully saturated rings. The van der Waals surface area contributed by atoms with Gasteiger partial charge in [0.25, 0.3) is 0 Å². The van der Waals surface area contributed by atoms with E-state index < -0.39 is 11.9 Å². The lowest BCUT2D eigenvalue weighted by atomic mass is 10.1. The van der Waals surface area contributed by atoms with E-state index in [2.05, 4.69) is 25.1 Å². The molecule has 0 saturated carbocycles. The zero-order valence-electron chi connectivity index (χ0n) is 18.7. The summed E-state index contributed by atoms with van der Waals surface area (Å²) in [6.45, 7) is 3.69. The molecule has 8 nitrogen and oxygen atoms in total. The van der Waals surface area contributed by atoms with Crippen molar-refractivity contribution in [3.05, 3.63) is 64.7 Å². The summed E-state index contributed by atoms with van der Waals surface area (Å²) in [5.74, 6) is 1.04. The van der Waals surface area contributed by atoms with Crippen molar-refractivity contribution in [3.8, 4) is 17.3 Å². The number of aryl methyl sites for hydroxylation is 2. The van der Waals surface area contributed by atoms with Crippen molar-refractivity contribution in [2.24, 2.45) is 0 Å². The van der Waals surface area contributed by atoms with Gasteiger partial charge in [-0.15, -0.1) is 16.4 Å². The maximum atomic E-state index is 13.3. The first-order valence-electron chi connectivity index (χ1n) is 10.6.